The standard InChI is InChI=1S/C12H16N4/c1-2-12(5-7-13-8-12)11-15-9-4-3-6-14-10(9)16-11/h3-4,6,13H,2,5,7-8H2,1H3,(H,14,15,16). The Morgan fingerprint density at radius 3 is 3.12 bits per heavy atom. The second-order valence-corrected chi connectivity index (χ2v) is 4.52. The Morgan fingerprint density at radius 2 is 2.44 bits per heavy atom. The summed E-state index contributed by atoms with van der Waals surface area (Å²) >= 11 is 0. The summed E-state index contributed by atoms with van der Waals surface area (Å²) in [5, 5.41) is 3.43. The molecule has 1 saturated heterocycles. The molecule has 1 atom stereocenters. The highest BCUT2D eigenvalue weighted by molar-refractivity contribution is 5.70. The van der Waals surface area contributed by atoms with E-state index in [1.54, 1.807) is 6.20 Å². The van der Waals surface area contributed by atoms with Gasteiger partial charge in [0.25, 0.3) is 0 Å². The number of aromatic nitrogens is 3. The summed E-state index contributed by atoms with van der Waals surface area (Å²) in [4.78, 5) is 12.3. The Balaban J connectivity index is 2.10. The molecule has 0 spiro atoms. The predicted molar refractivity (Wildman–Crippen MR) is 63.3 cm³/mol. The fourth-order valence-corrected chi connectivity index (χ4v) is 2.51. The van der Waals surface area contributed by atoms with Crippen LogP contribution in [0.3, 0.4) is 0 Å². The summed E-state index contributed by atoms with van der Waals surface area (Å²) in [6, 6.07) is 3.97. The van der Waals surface area contributed by atoms with Gasteiger partial charge in [0.15, 0.2) is 5.65 Å². The van der Waals surface area contributed by atoms with Gasteiger partial charge in [-0.3, -0.25) is 0 Å². The molecule has 2 N–H and O–H groups in total. The van der Waals surface area contributed by atoms with Gasteiger partial charge in [0.1, 0.15) is 5.82 Å². The van der Waals surface area contributed by atoms with Gasteiger partial charge < -0.3 is 10.3 Å². The van der Waals surface area contributed by atoms with E-state index in [0.717, 1.165) is 42.9 Å². The highest BCUT2D eigenvalue weighted by Crippen LogP contribution is 2.32. The summed E-state index contributed by atoms with van der Waals surface area (Å²) < 4.78 is 0. The van der Waals surface area contributed by atoms with E-state index < -0.39 is 0 Å². The lowest BCUT2D eigenvalue weighted by atomic mass is 9.83. The summed E-state index contributed by atoms with van der Waals surface area (Å²) in [5.74, 6) is 1.09. The lowest BCUT2D eigenvalue weighted by Gasteiger charge is -2.23. The fourth-order valence-electron chi connectivity index (χ4n) is 2.51. The molecule has 0 bridgehead atoms. The highest BCUT2D eigenvalue weighted by atomic mass is 15.0. The summed E-state index contributed by atoms with van der Waals surface area (Å²) in [6.07, 6.45) is 4.06. The Kier molecular flexibility index (Phi) is 2.17. The van der Waals surface area contributed by atoms with Crippen molar-refractivity contribution in [1.82, 2.24) is 20.3 Å². The van der Waals surface area contributed by atoms with Gasteiger partial charge in [-0.2, -0.15) is 0 Å². The van der Waals surface area contributed by atoms with Crippen molar-refractivity contribution in [2.24, 2.45) is 0 Å². The zero-order chi connectivity index (χ0) is 11.0. The van der Waals surface area contributed by atoms with Crippen LogP contribution in [0.15, 0.2) is 18.3 Å². The zero-order valence-electron chi connectivity index (χ0n) is 9.45. The molecule has 4 nitrogen and oxygen atoms in total. The molecule has 16 heavy (non-hydrogen) atoms. The van der Waals surface area contributed by atoms with Gasteiger partial charge in [-0.1, -0.05) is 6.92 Å². The zero-order valence-corrected chi connectivity index (χ0v) is 9.45. The topological polar surface area (TPSA) is 53.6 Å². The van der Waals surface area contributed by atoms with Crippen LogP contribution in [0, 0.1) is 0 Å². The van der Waals surface area contributed by atoms with Crippen LogP contribution in [-0.4, -0.2) is 28.0 Å². The van der Waals surface area contributed by atoms with Crippen molar-refractivity contribution in [3.63, 3.8) is 0 Å². The normalized spacial score (nSPS) is 25.3. The van der Waals surface area contributed by atoms with Crippen LogP contribution in [0.5, 0.6) is 0 Å². The van der Waals surface area contributed by atoms with Crippen LogP contribution in [0.1, 0.15) is 25.6 Å². The lowest BCUT2D eigenvalue weighted by molar-refractivity contribution is 0.430. The molecule has 1 aliphatic rings. The summed E-state index contributed by atoms with van der Waals surface area (Å²) in [7, 11) is 0. The van der Waals surface area contributed by atoms with Crippen molar-refractivity contribution >= 4 is 11.2 Å². The third kappa shape index (κ3) is 1.33. The van der Waals surface area contributed by atoms with Crippen LogP contribution in [0.2, 0.25) is 0 Å². The number of pyridine rings is 1. The smallest absolute Gasteiger partial charge is 0.177 e. The molecule has 4 heteroatoms. The summed E-state index contributed by atoms with van der Waals surface area (Å²) in [5.41, 5.74) is 2.05. The monoisotopic (exact) mass is 216 g/mol. The Morgan fingerprint density at radius 1 is 1.50 bits per heavy atom. The van der Waals surface area contributed by atoms with Crippen LogP contribution in [0.4, 0.5) is 0 Å². The number of nitrogens with one attached hydrogen (secondary N) is 2. The highest BCUT2D eigenvalue weighted by Gasteiger charge is 2.36. The molecule has 2 aromatic rings. The number of hydrogen-bond donors (Lipinski definition) is 2. The predicted octanol–water partition coefficient (Wildman–Crippen LogP) is 1.60. The number of hydrogen-bond acceptors (Lipinski definition) is 3. The molecule has 1 aliphatic heterocycles. The molecule has 0 amide bonds. The first-order chi connectivity index (χ1) is 7.84. The van der Waals surface area contributed by atoms with Crippen molar-refractivity contribution in [3.8, 4) is 0 Å². The van der Waals surface area contributed by atoms with Gasteiger partial charge >= 0.3 is 0 Å². The van der Waals surface area contributed by atoms with E-state index >= 15 is 0 Å². The molecule has 1 fully saturated rings. The van der Waals surface area contributed by atoms with Crippen molar-refractivity contribution in [1.29, 1.82) is 0 Å². The molecule has 0 saturated carbocycles. The minimum Gasteiger partial charge on any atom is -0.340 e. The van der Waals surface area contributed by atoms with Crippen LogP contribution in [-0.2, 0) is 5.41 Å². The number of H-pyrrole nitrogens is 1. The minimum absolute atomic E-state index is 0.181. The lowest BCUT2D eigenvalue weighted by Crippen LogP contribution is -2.29. The molecule has 0 radical (unpaired) electrons. The number of fused-ring (bicyclic) bond motifs is 1. The van der Waals surface area contributed by atoms with E-state index in [4.69, 9.17) is 0 Å². The molecule has 84 valence electrons. The van der Waals surface area contributed by atoms with Gasteiger partial charge in [-0.25, -0.2) is 9.97 Å². The number of imidazole rings is 1. The third-order valence-electron chi connectivity index (χ3n) is 3.68. The molecule has 3 rings (SSSR count). The van der Waals surface area contributed by atoms with Crippen LogP contribution in [0.25, 0.3) is 11.2 Å². The molecule has 0 aliphatic carbocycles. The maximum atomic E-state index is 4.63. The van der Waals surface area contributed by atoms with E-state index in [0.29, 0.717) is 0 Å². The van der Waals surface area contributed by atoms with Gasteiger partial charge in [-0.15, -0.1) is 0 Å². The van der Waals surface area contributed by atoms with Crippen LogP contribution >= 0.6 is 0 Å². The SMILES string of the molecule is CCC1(c2nc3ncccc3[nH]2)CCNC1. The Labute approximate surface area is 94.5 Å². The van der Waals surface area contributed by atoms with E-state index in [2.05, 4.69) is 27.2 Å². The molecular formula is C12H16N4. The van der Waals surface area contributed by atoms with E-state index in [-0.39, 0.29) is 5.41 Å². The maximum Gasteiger partial charge on any atom is 0.177 e. The average molecular weight is 216 g/mol. The van der Waals surface area contributed by atoms with Gasteiger partial charge in [0.2, 0.25) is 0 Å². The second kappa shape index (κ2) is 3.56. The fraction of sp³-hybridized carbons (Fsp3) is 0.500. The summed E-state index contributed by atoms with van der Waals surface area (Å²) in [6.45, 7) is 4.33. The maximum absolute atomic E-state index is 4.63. The van der Waals surface area contributed by atoms with Crippen molar-refractivity contribution in [3.05, 3.63) is 24.2 Å². The third-order valence-corrected chi connectivity index (χ3v) is 3.68. The first-order valence-electron chi connectivity index (χ1n) is 5.86. The largest absolute Gasteiger partial charge is 0.340 e. The van der Waals surface area contributed by atoms with Crippen molar-refractivity contribution in [2.45, 2.75) is 25.2 Å². The number of nitrogens with zero attached hydrogens (tertiary/aromatic N) is 2. The number of aromatic amines is 1. The van der Waals surface area contributed by atoms with E-state index in [1.807, 2.05) is 12.1 Å². The Bertz CT molecular complexity index is 463. The quantitative estimate of drug-likeness (QED) is 0.801. The van der Waals surface area contributed by atoms with E-state index in [1.165, 1.54) is 0 Å². The van der Waals surface area contributed by atoms with Gasteiger partial charge in [-0.05, 0) is 31.5 Å². The van der Waals surface area contributed by atoms with E-state index in [9.17, 15) is 0 Å². The molecule has 2 aromatic heterocycles. The number of rotatable bonds is 2. The van der Waals surface area contributed by atoms with Crippen LogP contribution < -0.4 is 5.32 Å². The van der Waals surface area contributed by atoms with Gasteiger partial charge in [0, 0.05) is 18.2 Å². The molecule has 1 unspecified atom stereocenters. The second-order valence-electron chi connectivity index (χ2n) is 4.52. The average Bonchev–Trinajstić information content (AvgIpc) is 2.96. The first kappa shape index (κ1) is 9.78. The molecule has 3 heterocycles. The minimum atomic E-state index is 0.181. The van der Waals surface area contributed by atoms with Gasteiger partial charge in [0.05, 0.1) is 5.52 Å². The Hall–Kier alpha value is -1.42. The first-order valence-corrected chi connectivity index (χ1v) is 5.86. The van der Waals surface area contributed by atoms with Crippen molar-refractivity contribution in [2.75, 3.05) is 13.1 Å². The molecule has 0 aromatic carbocycles. The molecular weight excluding hydrogens is 200 g/mol. The van der Waals surface area contributed by atoms with Crippen molar-refractivity contribution < 1.29 is 0 Å².